The van der Waals surface area contributed by atoms with Crippen LogP contribution in [0.1, 0.15) is 6.92 Å². The third-order valence-electron chi connectivity index (χ3n) is 3.60. The molecule has 1 saturated heterocycles. The fourth-order valence-corrected chi connectivity index (χ4v) is 2.86. The van der Waals surface area contributed by atoms with Gasteiger partial charge in [-0.05, 0) is 18.2 Å². The van der Waals surface area contributed by atoms with Gasteiger partial charge in [-0.3, -0.25) is 4.79 Å². The zero-order chi connectivity index (χ0) is 14.1. The Kier molecular flexibility index (Phi) is 3.56. The van der Waals surface area contributed by atoms with E-state index in [9.17, 15) is 4.79 Å². The molecule has 2 heterocycles. The number of amides is 1. The van der Waals surface area contributed by atoms with Crippen LogP contribution in [0.25, 0.3) is 10.9 Å². The van der Waals surface area contributed by atoms with Gasteiger partial charge in [0.1, 0.15) is 12.1 Å². The predicted octanol–water partition coefficient (Wildman–Crippen LogP) is 2.06. The number of halogens is 1. The van der Waals surface area contributed by atoms with Crippen LogP contribution in [0.4, 0.5) is 5.82 Å². The van der Waals surface area contributed by atoms with Crippen molar-refractivity contribution in [3.05, 3.63) is 29.0 Å². The second kappa shape index (κ2) is 5.36. The van der Waals surface area contributed by atoms with Crippen LogP contribution in [-0.2, 0) is 4.79 Å². The first kappa shape index (κ1) is 13.3. The minimum Gasteiger partial charge on any atom is -0.352 e. The van der Waals surface area contributed by atoms with Crippen molar-refractivity contribution in [2.75, 3.05) is 31.1 Å². The minimum atomic E-state index is 0.139. The number of hydrogen-bond acceptors (Lipinski definition) is 4. The molecule has 1 aromatic carbocycles. The van der Waals surface area contributed by atoms with E-state index in [2.05, 4.69) is 30.8 Å². The summed E-state index contributed by atoms with van der Waals surface area (Å²) in [6, 6.07) is 6.01. The molecule has 1 aliphatic rings. The molecule has 1 amide bonds. The third-order valence-corrected chi connectivity index (χ3v) is 4.09. The lowest BCUT2D eigenvalue weighted by Gasteiger charge is -2.35. The number of hydrogen-bond donors (Lipinski definition) is 0. The number of carbonyl (C=O) groups is 1. The van der Waals surface area contributed by atoms with Gasteiger partial charge in [0.2, 0.25) is 5.91 Å². The van der Waals surface area contributed by atoms with E-state index in [-0.39, 0.29) is 5.91 Å². The molecule has 0 unspecified atom stereocenters. The number of anilines is 1. The monoisotopic (exact) mass is 334 g/mol. The van der Waals surface area contributed by atoms with Crippen molar-refractivity contribution in [1.82, 2.24) is 14.9 Å². The van der Waals surface area contributed by atoms with E-state index in [1.807, 2.05) is 23.1 Å². The van der Waals surface area contributed by atoms with Crippen LogP contribution in [-0.4, -0.2) is 47.0 Å². The van der Waals surface area contributed by atoms with Gasteiger partial charge in [0.05, 0.1) is 5.52 Å². The van der Waals surface area contributed by atoms with Crippen LogP contribution in [0, 0.1) is 0 Å². The number of fused-ring (bicyclic) bond motifs is 1. The Morgan fingerprint density at radius 1 is 1.20 bits per heavy atom. The van der Waals surface area contributed by atoms with Crippen LogP contribution in [0.3, 0.4) is 0 Å². The number of nitrogens with zero attached hydrogens (tertiary/aromatic N) is 4. The maximum absolute atomic E-state index is 11.4. The van der Waals surface area contributed by atoms with Crippen LogP contribution in [0.2, 0.25) is 0 Å². The molecule has 0 aliphatic carbocycles. The Bertz CT molecular complexity index is 653. The average Bonchev–Trinajstić information content (AvgIpc) is 2.46. The zero-order valence-electron chi connectivity index (χ0n) is 11.2. The molecule has 0 spiro atoms. The van der Waals surface area contributed by atoms with Gasteiger partial charge < -0.3 is 9.80 Å². The van der Waals surface area contributed by atoms with E-state index >= 15 is 0 Å². The Morgan fingerprint density at radius 2 is 1.95 bits per heavy atom. The summed E-state index contributed by atoms with van der Waals surface area (Å²) in [5.41, 5.74) is 0.937. The highest BCUT2D eigenvalue weighted by molar-refractivity contribution is 9.10. The number of rotatable bonds is 1. The second-order valence-corrected chi connectivity index (χ2v) is 5.77. The molecule has 0 N–H and O–H groups in total. The van der Waals surface area contributed by atoms with Gasteiger partial charge in [0, 0.05) is 43.0 Å². The molecule has 2 aromatic rings. The Morgan fingerprint density at radius 3 is 2.65 bits per heavy atom. The largest absolute Gasteiger partial charge is 0.352 e. The molecule has 0 atom stereocenters. The SMILES string of the molecule is CC(=O)N1CCN(c2ncnc3ccc(Br)cc23)CC1. The van der Waals surface area contributed by atoms with Gasteiger partial charge >= 0.3 is 0 Å². The van der Waals surface area contributed by atoms with Gasteiger partial charge in [0.15, 0.2) is 0 Å². The molecule has 1 fully saturated rings. The predicted molar refractivity (Wildman–Crippen MR) is 81.7 cm³/mol. The summed E-state index contributed by atoms with van der Waals surface area (Å²) in [5.74, 6) is 1.08. The number of piperazine rings is 1. The quantitative estimate of drug-likeness (QED) is 0.801. The normalized spacial score (nSPS) is 15.7. The molecule has 1 aromatic heterocycles. The minimum absolute atomic E-state index is 0.139. The van der Waals surface area contributed by atoms with Gasteiger partial charge in [-0.2, -0.15) is 0 Å². The topological polar surface area (TPSA) is 49.3 Å². The van der Waals surface area contributed by atoms with Crippen LogP contribution in [0.15, 0.2) is 29.0 Å². The summed E-state index contributed by atoms with van der Waals surface area (Å²) in [4.78, 5) is 24.2. The summed E-state index contributed by atoms with van der Waals surface area (Å²) < 4.78 is 1.02. The molecule has 5 nitrogen and oxygen atoms in total. The van der Waals surface area contributed by atoms with E-state index in [1.54, 1.807) is 13.3 Å². The van der Waals surface area contributed by atoms with E-state index in [0.29, 0.717) is 0 Å². The molecule has 0 bridgehead atoms. The summed E-state index contributed by atoms with van der Waals surface area (Å²) in [6.45, 7) is 4.72. The molecule has 6 heteroatoms. The fraction of sp³-hybridized carbons (Fsp3) is 0.357. The molecular weight excluding hydrogens is 320 g/mol. The maximum atomic E-state index is 11.4. The van der Waals surface area contributed by atoms with Crippen molar-refractivity contribution in [1.29, 1.82) is 0 Å². The average molecular weight is 335 g/mol. The first-order valence-electron chi connectivity index (χ1n) is 6.56. The van der Waals surface area contributed by atoms with Crippen molar-refractivity contribution in [3.8, 4) is 0 Å². The highest BCUT2D eigenvalue weighted by atomic mass is 79.9. The van der Waals surface area contributed by atoms with Crippen molar-refractivity contribution < 1.29 is 4.79 Å². The lowest BCUT2D eigenvalue weighted by atomic mass is 10.2. The summed E-state index contributed by atoms with van der Waals surface area (Å²) in [6.07, 6.45) is 1.60. The van der Waals surface area contributed by atoms with Crippen LogP contribution >= 0.6 is 15.9 Å². The fourth-order valence-electron chi connectivity index (χ4n) is 2.50. The molecule has 3 rings (SSSR count). The van der Waals surface area contributed by atoms with Crippen LogP contribution < -0.4 is 4.90 Å². The Labute approximate surface area is 125 Å². The van der Waals surface area contributed by atoms with E-state index in [1.165, 1.54) is 0 Å². The summed E-state index contributed by atoms with van der Waals surface area (Å²) >= 11 is 3.49. The highest BCUT2D eigenvalue weighted by Gasteiger charge is 2.21. The Hall–Kier alpha value is -1.69. The van der Waals surface area contributed by atoms with Crippen molar-refractivity contribution in [2.45, 2.75) is 6.92 Å². The number of aromatic nitrogens is 2. The van der Waals surface area contributed by atoms with Gasteiger partial charge in [-0.1, -0.05) is 15.9 Å². The molecule has 20 heavy (non-hydrogen) atoms. The molecule has 104 valence electrons. The van der Waals surface area contributed by atoms with Crippen molar-refractivity contribution in [2.24, 2.45) is 0 Å². The van der Waals surface area contributed by atoms with Crippen molar-refractivity contribution in [3.63, 3.8) is 0 Å². The second-order valence-electron chi connectivity index (χ2n) is 4.85. The molecule has 0 saturated carbocycles. The lowest BCUT2D eigenvalue weighted by Crippen LogP contribution is -2.48. The van der Waals surface area contributed by atoms with E-state index < -0.39 is 0 Å². The molecular formula is C14H15BrN4O. The van der Waals surface area contributed by atoms with Crippen molar-refractivity contribution >= 4 is 38.6 Å². The van der Waals surface area contributed by atoms with Gasteiger partial charge in [0.25, 0.3) is 0 Å². The molecule has 1 aliphatic heterocycles. The smallest absolute Gasteiger partial charge is 0.219 e. The summed E-state index contributed by atoms with van der Waals surface area (Å²) in [5, 5.41) is 1.04. The highest BCUT2D eigenvalue weighted by Crippen LogP contribution is 2.26. The first-order chi connectivity index (χ1) is 9.65. The number of carbonyl (C=O) groups excluding carboxylic acids is 1. The van der Waals surface area contributed by atoms with Gasteiger partial charge in [-0.25, -0.2) is 9.97 Å². The number of benzene rings is 1. The summed E-state index contributed by atoms with van der Waals surface area (Å²) in [7, 11) is 0. The standard InChI is InChI=1S/C14H15BrN4O/c1-10(20)18-4-6-19(7-5-18)14-12-8-11(15)2-3-13(12)16-9-17-14/h2-3,8-9H,4-7H2,1H3. The lowest BCUT2D eigenvalue weighted by molar-refractivity contribution is -0.129. The zero-order valence-corrected chi connectivity index (χ0v) is 12.8. The maximum Gasteiger partial charge on any atom is 0.219 e. The van der Waals surface area contributed by atoms with Gasteiger partial charge in [-0.15, -0.1) is 0 Å². The third kappa shape index (κ3) is 2.47. The van der Waals surface area contributed by atoms with E-state index in [0.717, 1.165) is 47.4 Å². The van der Waals surface area contributed by atoms with E-state index in [4.69, 9.17) is 0 Å². The van der Waals surface area contributed by atoms with Crippen LogP contribution in [0.5, 0.6) is 0 Å². The first-order valence-corrected chi connectivity index (χ1v) is 7.35. The Balaban J connectivity index is 1.91. The molecule has 0 radical (unpaired) electrons.